The predicted octanol–water partition coefficient (Wildman–Crippen LogP) is 6.05. The van der Waals surface area contributed by atoms with Gasteiger partial charge in [-0.3, -0.25) is 4.98 Å². The molecule has 0 amide bonds. The first kappa shape index (κ1) is 19.9. The fourth-order valence-corrected chi connectivity index (χ4v) is 4.58. The average molecular weight is 410 g/mol. The number of thioether (sulfide) groups is 2. The highest BCUT2D eigenvalue weighted by molar-refractivity contribution is 7.99. The van der Waals surface area contributed by atoms with Gasteiger partial charge < -0.3 is 9.72 Å². The summed E-state index contributed by atoms with van der Waals surface area (Å²) in [5, 5.41) is 0.726. The summed E-state index contributed by atoms with van der Waals surface area (Å²) in [6.45, 7) is 1.45. The predicted molar refractivity (Wildman–Crippen MR) is 107 cm³/mol. The number of pyridine rings is 1. The molecule has 0 aliphatic carbocycles. The lowest BCUT2D eigenvalue weighted by Gasteiger charge is -2.09. The Hall–Kier alpha value is -1.80. The lowest BCUT2D eigenvalue weighted by molar-refractivity contribution is -0.0497. The third kappa shape index (κ3) is 5.35. The van der Waals surface area contributed by atoms with Crippen LogP contribution in [0.25, 0.3) is 11.0 Å². The molecule has 1 aromatic carbocycles. The van der Waals surface area contributed by atoms with Gasteiger partial charge in [0, 0.05) is 22.9 Å². The van der Waals surface area contributed by atoms with Gasteiger partial charge in [0.1, 0.15) is 5.75 Å². The van der Waals surface area contributed by atoms with Gasteiger partial charge in [-0.1, -0.05) is 25.1 Å². The minimum atomic E-state index is -2.84. The first-order chi connectivity index (χ1) is 13.1. The van der Waals surface area contributed by atoms with Crippen molar-refractivity contribution in [3.63, 3.8) is 0 Å². The number of alkyl halides is 2. The number of nitrogens with zero attached hydrogens (tertiary/aromatic N) is 2. The van der Waals surface area contributed by atoms with Crippen LogP contribution in [0.4, 0.5) is 8.78 Å². The minimum absolute atomic E-state index is 0.106. The van der Waals surface area contributed by atoms with Crippen molar-refractivity contribution in [2.75, 3.05) is 5.75 Å². The van der Waals surface area contributed by atoms with Gasteiger partial charge in [0.25, 0.3) is 0 Å². The van der Waals surface area contributed by atoms with Crippen molar-refractivity contribution in [1.82, 2.24) is 15.0 Å². The summed E-state index contributed by atoms with van der Waals surface area (Å²) < 4.78 is 29.1. The van der Waals surface area contributed by atoms with Crippen molar-refractivity contribution >= 4 is 34.6 Å². The van der Waals surface area contributed by atoms with E-state index in [1.807, 2.05) is 18.0 Å². The molecule has 3 rings (SSSR count). The first-order valence-electron chi connectivity index (χ1n) is 8.71. The molecule has 4 nitrogen and oxygen atoms in total. The summed E-state index contributed by atoms with van der Waals surface area (Å²) in [5.74, 6) is 1.91. The number of fused-ring (bicyclic) bond motifs is 1. The molecule has 0 aliphatic rings. The highest BCUT2D eigenvalue weighted by Gasteiger charge is 2.11. The molecule has 0 fully saturated rings. The molecule has 0 saturated carbocycles. The van der Waals surface area contributed by atoms with Gasteiger partial charge in [0.05, 0.1) is 16.7 Å². The molecule has 2 heterocycles. The molecule has 0 radical (unpaired) electrons. The van der Waals surface area contributed by atoms with Crippen LogP contribution in [0.1, 0.15) is 31.0 Å². The van der Waals surface area contributed by atoms with Crippen LogP contribution in [0.3, 0.4) is 0 Å². The van der Waals surface area contributed by atoms with E-state index in [1.165, 1.54) is 35.4 Å². The Morgan fingerprint density at radius 1 is 1.22 bits per heavy atom. The summed E-state index contributed by atoms with van der Waals surface area (Å²) in [5.41, 5.74) is 3.62. The number of benzene rings is 1. The smallest absolute Gasteiger partial charge is 0.387 e. The zero-order valence-electron chi connectivity index (χ0n) is 15.2. The molecule has 3 aromatic rings. The van der Waals surface area contributed by atoms with Crippen LogP contribution in [0.15, 0.2) is 40.5 Å². The third-order valence-corrected chi connectivity index (χ3v) is 6.15. The monoisotopic (exact) mass is 409 g/mol. The third-order valence-electron chi connectivity index (χ3n) is 4.02. The van der Waals surface area contributed by atoms with Crippen molar-refractivity contribution in [3.05, 3.63) is 41.7 Å². The second-order valence-corrected chi connectivity index (χ2v) is 8.07. The first-order valence-corrected chi connectivity index (χ1v) is 10.7. The van der Waals surface area contributed by atoms with E-state index >= 15 is 0 Å². The van der Waals surface area contributed by atoms with Crippen LogP contribution < -0.4 is 4.74 Å². The number of hydrogen-bond acceptors (Lipinski definition) is 5. The SMILES string of the molecule is CCCCSc1ccnc(CSc2nc3cc(OC(F)F)ccc3[nH]2)c1C. The van der Waals surface area contributed by atoms with E-state index < -0.39 is 6.61 Å². The minimum Gasteiger partial charge on any atom is -0.435 e. The Morgan fingerprint density at radius 3 is 2.85 bits per heavy atom. The van der Waals surface area contributed by atoms with Gasteiger partial charge in [-0.25, -0.2) is 4.98 Å². The van der Waals surface area contributed by atoms with Gasteiger partial charge in [-0.05, 0) is 42.9 Å². The second kappa shape index (κ2) is 9.41. The normalized spacial score (nSPS) is 11.4. The fourth-order valence-electron chi connectivity index (χ4n) is 2.53. The van der Waals surface area contributed by atoms with Crippen LogP contribution >= 0.6 is 23.5 Å². The van der Waals surface area contributed by atoms with Crippen LogP contribution in [-0.2, 0) is 5.75 Å². The van der Waals surface area contributed by atoms with E-state index in [1.54, 1.807) is 17.8 Å². The van der Waals surface area contributed by atoms with Crippen LogP contribution in [0, 0.1) is 6.92 Å². The van der Waals surface area contributed by atoms with Crippen molar-refractivity contribution in [2.24, 2.45) is 0 Å². The fraction of sp³-hybridized carbons (Fsp3) is 0.368. The number of aromatic amines is 1. The highest BCUT2D eigenvalue weighted by atomic mass is 32.2. The van der Waals surface area contributed by atoms with Gasteiger partial charge >= 0.3 is 6.61 Å². The van der Waals surface area contributed by atoms with Crippen LogP contribution in [0.2, 0.25) is 0 Å². The Bertz CT molecular complexity index is 902. The molecular weight excluding hydrogens is 388 g/mol. The molecule has 0 bridgehead atoms. The Labute approximate surface area is 165 Å². The molecule has 0 atom stereocenters. The average Bonchev–Trinajstić information content (AvgIpc) is 3.04. The standard InChI is InChI=1S/C19H21F2N3OS2/c1-3-4-9-26-17-7-8-22-16(12(17)2)11-27-19-23-14-6-5-13(25-18(20)21)10-15(14)24-19/h5-8,10,18H,3-4,9,11H2,1-2H3,(H,23,24). The number of aromatic nitrogens is 3. The molecule has 27 heavy (non-hydrogen) atoms. The van der Waals surface area contributed by atoms with Crippen molar-refractivity contribution in [2.45, 2.75) is 49.1 Å². The molecule has 144 valence electrons. The summed E-state index contributed by atoms with van der Waals surface area (Å²) in [4.78, 5) is 13.4. The Balaban J connectivity index is 1.68. The number of unbranched alkanes of at least 4 members (excludes halogenated alkanes) is 1. The van der Waals surface area contributed by atoms with E-state index in [9.17, 15) is 8.78 Å². The molecular formula is C19H21F2N3OS2. The highest BCUT2D eigenvalue weighted by Crippen LogP contribution is 2.29. The zero-order chi connectivity index (χ0) is 19.2. The molecule has 0 aliphatic heterocycles. The van der Waals surface area contributed by atoms with E-state index in [4.69, 9.17) is 0 Å². The Morgan fingerprint density at radius 2 is 2.07 bits per heavy atom. The lowest BCUT2D eigenvalue weighted by Crippen LogP contribution is -2.01. The molecule has 0 unspecified atom stereocenters. The number of ether oxygens (including phenoxy) is 1. The van der Waals surface area contributed by atoms with E-state index in [0.717, 1.165) is 22.1 Å². The maximum atomic E-state index is 12.3. The molecule has 0 saturated heterocycles. The lowest BCUT2D eigenvalue weighted by atomic mass is 10.2. The van der Waals surface area contributed by atoms with Crippen LogP contribution in [-0.4, -0.2) is 27.3 Å². The number of H-pyrrole nitrogens is 1. The summed E-state index contributed by atoms with van der Waals surface area (Å²) in [6, 6.07) is 6.77. The van der Waals surface area contributed by atoms with Gasteiger partial charge in [0.15, 0.2) is 5.16 Å². The van der Waals surface area contributed by atoms with Crippen molar-refractivity contribution in [1.29, 1.82) is 0 Å². The van der Waals surface area contributed by atoms with Crippen molar-refractivity contribution < 1.29 is 13.5 Å². The second-order valence-electron chi connectivity index (χ2n) is 5.97. The Kier molecular flexibility index (Phi) is 6.95. The molecule has 1 N–H and O–H groups in total. The maximum Gasteiger partial charge on any atom is 0.387 e. The summed E-state index contributed by atoms with van der Waals surface area (Å²) >= 11 is 3.41. The van der Waals surface area contributed by atoms with E-state index in [2.05, 4.69) is 39.6 Å². The number of imidazole rings is 1. The topological polar surface area (TPSA) is 50.8 Å². The summed E-state index contributed by atoms with van der Waals surface area (Å²) in [6.07, 6.45) is 4.24. The number of nitrogens with one attached hydrogen (secondary N) is 1. The quantitative estimate of drug-likeness (QED) is 0.344. The largest absolute Gasteiger partial charge is 0.435 e. The molecule has 0 spiro atoms. The summed E-state index contributed by atoms with van der Waals surface area (Å²) in [7, 11) is 0. The number of halogens is 2. The molecule has 2 aromatic heterocycles. The van der Waals surface area contributed by atoms with E-state index in [-0.39, 0.29) is 5.75 Å². The van der Waals surface area contributed by atoms with E-state index in [0.29, 0.717) is 11.3 Å². The molecule has 8 heteroatoms. The zero-order valence-corrected chi connectivity index (χ0v) is 16.8. The van der Waals surface area contributed by atoms with Gasteiger partial charge in [-0.2, -0.15) is 8.78 Å². The van der Waals surface area contributed by atoms with Crippen molar-refractivity contribution in [3.8, 4) is 5.75 Å². The number of rotatable bonds is 9. The number of hydrogen-bond donors (Lipinski definition) is 1. The van der Waals surface area contributed by atoms with Gasteiger partial charge in [0.2, 0.25) is 0 Å². The van der Waals surface area contributed by atoms with Crippen LogP contribution in [0.5, 0.6) is 5.75 Å². The maximum absolute atomic E-state index is 12.3. The van der Waals surface area contributed by atoms with Gasteiger partial charge in [-0.15, -0.1) is 11.8 Å².